The molecule has 1 rings (SSSR count). The molecule has 118 valence electrons. The van der Waals surface area contributed by atoms with Gasteiger partial charge in [-0.25, -0.2) is 0 Å². The summed E-state index contributed by atoms with van der Waals surface area (Å²) >= 11 is 0. The smallest absolute Gasteiger partial charge is 0.411 e. The van der Waals surface area contributed by atoms with Crippen molar-refractivity contribution >= 4 is 11.7 Å². The number of ether oxygens (including phenoxy) is 1. The summed E-state index contributed by atoms with van der Waals surface area (Å²) in [7, 11) is 0. The zero-order chi connectivity index (χ0) is 15.9. The molecule has 0 amide bonds. The molecule has 0 aliphatic heterocycles. The van der Waals surface area contributed by atoms with Gasteiger partial charge in [0.2, 0.25) is 0 Å². The second kappa shape index (κ2) is 7.87. The van der Waals surface area contributed by atoms with Crippen molar-refractivity contribution in [2.75, 3.05) is 31.2 Å². The second-order valence-corrected chi connectivity index (χ2v) is 4.67. The van der Waals surface area contributed by atoms with Gasteiger partial charge in [0.05, 0.1) is 0 Å². The van der Waals surface area contributed by atoms with Crippen molar-refractivity contribution in [3.63, 3.8) is 0 Å². The van der Waals surface area contributed by atoms with E-state index in [4.69, 9.17) is 5.11 Å². The van der Waals surface area contributed by atoms with Gasteiger partial charge in [0, 0.05) is 18.8 Å². The molecule has 0 atom stereocenters. The Morgan fingerprint density at radius 3 is 2.43 bits per heavy atom. The first-order valence-electron chi connectivity index (χ1n) is 6.46. The molecule has 1 aromatic carbocycles. The van der Waals surface area contributed by atoms with Gasteiger partial charge in [-0.3, -0.25) is 4.79 Å². The van der Waals surface area contributed by atoms with E-state index in [9.17, 15) is 18.0 Å². The summed E-state index contributed by atoms with van der Waals surface area (Å²) in [5, 5.41) is 8.89. The number of benzene rings is 1. The third-order valence-electron chi connectivity index (χ3n) is 2.71. The minimum Gasteiger partial charge on any atom is -0.480 e. The molecule has 1 aromatic rings. The first-order chi connectivity index (χ1) is 9.78. The van der Waals surface area contributed by atoms with Crippen LogP contribution in [0.2, 0.25) is 0 Å². The molecule has 7 heteroatoms. The van der Waals surface area contributed by atoms with Gasteiger partial charge >= 0.3 is 12.1 Å². The van der Waals surface area contributed by atoms with Crippen molar-refractivity contribution in [2.45, 2.75) is 19.5 Å². The summed E-state index contributed by atoms with van der Waals surface area (Å²) in [6, 6.07) is 7.28. The number of aliphatic carboxylic acids is 1. The Morgan fingerprint density at radius 1 is 1.29 bits per heavy atom. The Kier molecular flexibility index (Phi) is 6.48. The van der Waals surface area contributed by atoms with Crippen molar-refractivity contribution in [1.82, 2.24) is 0 Å². The number of hydrogen-bond acceptors (Lipinski definition) is 3. The van der Waals surface area contributed by atoms with E-state index in [1.165, 1.54) is 0 Å². The fraction of sp³-hybridized carbons (Fsp3) is 0.500. The molecular formula is C14H18F3NO3. The van der Waals surface area contributed by atoms with Crippen molar-refractivity contribution in [3.8, 4) is 0 Å². The third kappa shape index (κ3) is 7.55. The molecule has 0 heterocycles. The Morgan fingerprint density at radius 2 is 1.90 bits per heavy atom. The number of anilines is 1. The molecule has 0 aliphatic carbocycles. The fourth-order valence-corrected chi connectivity index (χ4v) is 1.76. The van der Waals surface area contributed by atoms with Crippen molar-refractivity contribution in [1.29, 1.82) is 0 Å². The number of alkyl halides is 3. The van der Waals surface area contributed by atoms with E-state index in [1.54, 1.807) is 17.0 Å². The van der Waals surface area contributed by atoms with Crippen LogP contribution in [-0.4, -0.2) is 43.6 Å². The van der Waals surface area contributed by atoms with Gasteiger partial charge in [-0.1, -0.05) is 17.7 Å². The van der Waals surface area contributed by atoms with Gasteiger partial charge in [-0.2, -0.15) is 13.2 Å². The van der Waals surface area contributed by atoms with Gasteiger partial charge in [0.1, 0.15) is 13.2 Å². The van der Waals surface area contributed by atoms with Crippen LogP contribution in [0.1, 0.15) is 12.0 Å². The SMILES string of the molecule is Cc1ccc(N(CCCOCC(F)(F)F)CC(=O)O)cc1. The number of hydrogen-bond donors (Lipinski definition) is 1. The van der Waals surface area contributed by atoms with Crippen LogP contribution in [0, 0.1) is 6.92 Å². The average molecular weight is 305 g/mol. The van der Waals surface area contributed by atoms with Crippen LogP contribution in [0.4, 0.5) is 18.9 Å². The van der Waals surface area contributed by atoms with Gasteiger partial charge in [-0.15, -0.1) is 0 Å². The Bertz CT molecular complexity index is 446. The maximum atomic E-state index is 11.9. The fourth-order valence-electron chi connectivity index (χ4n) is 1.76. The molecular weight excluding hydrogens is 287 g/mol. The molecule has 21 heavy (non-hydrogen) atoms. The maximum Gasteiger partial charge on any atom is 0.411 e. The second-order valence-electron chi connectivity index (χ2n) is 4.67. The first-order valence-corrected chi connectivity index (χ1v) is 6.46. The molecule has 0 spiro atoms. The van der Waals surface area contributed by atoms with Crippen LogP contribution in [0.3, 0.4) is 0 Å². The van der Waals surface area contributed by atoms with Crippen LogP contribution in [0.25, 0.3) is 0 Å². The zero-order valence-corrected chi connectivity index (χ0v) is 11.7. The lowest BCUT2D eigenvalue weighted by atomic mass is 10.2. The Balaban J connectivity index is 2.47. The summed E-state index contributed by atoms with van der Waals surface area (Å²) in [5.41, 5.74) is 1.77. The molecule has 0 saturated heterocycles. The van der Waals surface area contributed by atoms with Gasteiger partial charge < -0.3 is 14.7 Å². The minimum atomic E-state index is -4.34. The largest absolute Gasteiger partial charge is 0.480 e. The summed E-state index contributed by atoms with van der Waals surface area (Å²) < 4.78 is 40.2. The van der Waals surface area contributed by atoms with E-state index in [0.29, 0.717) is 13.0 Å². The van der Waals surface area contributed by atoms with E-state index >= 15 is 0 Å². The Hall–Kier alpha value is -1.76. The van der Waals surface area contributed by atoms with E-state index in [-0.39, 0.29) is 13.2 Å². The van der Waals surface area contributed by atoms with E-state index < -0.39 is 18.8 Å². The Labute approximate surface area is 121 Å². The highest BCUT2D eigenvalue weighted by molar-refractivity contribution is 5.73. The number of halogens is 3. The molecule has 1 N–H and O–H groups in total. The predicted molar refractivity (Wildman–Crippen MR) is 72.5 cm³/mol. The highest BCUT2D eigenvalue weighted by Gasteiger charge is 2.27. The lowest BCUT2D eigenvalue weighted by Gasteiger charge is -2.23. The zero-order valence-electron chi connectivity index (χ0n) is 11.7. The molecule has 0 saturated carbocycles. The summed E-state index contributed by atoms with van der Waals surface area (Å²) in [6.07, 6.45) is -4.02. The van der Waals surface area contributed by atoms with Crippen LogP contribution >= 0.6 is 0 Å². The lowest BCUT2D eigenvalue weighted by molar-refractivity contribution is -0.173. The van der Waals surface area contributed by atoms with Gasteiger partial charge in [-0.05, 0) is 25.5 Å². The van der Waals surface area contributed by atoms with Crippen molar-refractivity contribution in [3.05, 3.63) is 29.8 Å². The number of carboxylic acids is 1. The number of aryl methyl sites for hydroxylation is 1. The highest BCUT2D eigenvalue weighted by atomic mass is 19.4. The summed E-state index contributed by atoms with van der Waals surface area (Å²) in [4.78, 5) is 12.4. The predicted octanol–water partition coefficient (Wildman–Crippen LogP) is 2.86. The van der Waals surface area contributed by atoms with Crippen LogP contribution in [-0.2, 0) is 9.53 Å². The van der Waals surface area contributed by atoms with Gasteiger partial charge in [0.15, 0.2) is 0 Å². The number of nitrogens with zero attached hydrogens (tertiary/aromatic N) is 1. The molecule has 0 radical (unpaired) electrons. The minimum absolute atomic E-state index is 0.0680. The molecule has 0 unspecified atom stereocenters. The monoisotopic (exact) mass is 305 g/mol. The number of carbonyl (C=O) groups is 1. The highest BCUT2D eigenvalue weighted by Crippen LogP contribution is 2.16. The van der Waals surface area contributed by atoms with E-state index in [0.717, 1.165) is 11.3 Å². The quantitative estimate of drug-likeness (QED) is 0.750. The maximum absolute atomic E-state index is 11.9. The van der Waals surface area contributed by atoms with E-state index in [1.807, 2.05) is 19.1 Å². The lowest BCUT2D eigenvalue weighted by Crippen LogP contribution is -2.31. The topological polar surface area (TPSA) is 49.8 Å². The van der Waals surface area contributed by atoms with Crippen molar-refractivity contribution < 1.29 is 27.8 Å². The molecule has 4 nitrogen and oxygen atoms in total. The molecule has 0 fully saturated rings. The summed E-state index contributed by atoms with van der Waals surface area (Å²) in [5.74, 6) is -0.994. The van der Waals surface area contributed by atoms with Gasteiger partial charge in [0.25, 0.3) is 0 Å². The molecule has 0 aliphatic rings. The van der Waals surface area contributed by atoms with Crippen LogP contribution < -0.4 is 4.90 Å². The summed E-state index contributed by atoms with van der Waals surface area (Å²) in [6.45, 7) is 0.670. The normalized spacial score (nSPS) is 11.4. The average Bonchev–Trinajstić information content (AvgIpc) is 2.36. The molecule has 0 aromatic heterocycles. The standard InChI is InChI=1S/C14H18F3NO3/c1-11-3-5-12(6-4-11)18(9-13(19)20)7-2-8-21-10-14(15,16)17/h3-6H,2,7-10H2,1H3,(H,19,20). The molecule has 0 bridgehead atoms. The van der Waals surface area contributed by atoms with Crippen molar-refractivity contribution in [2.24, 2.45) is 0 Å². The van der Waals surface area contributed by atoms with Crippen LogP contribution in [0.15, 0.2) is 24.3 Å². The number of carboxylic acid groups (broad SMARTS) is 1. The van der Waals surface area contributed by atoms with E-state index in [2.05, 4.69) is 4.74 Å². The first kappa shape index (κ1) is 17.3. The number of rotatable bonds is 8. The van der Waals surface area contributed by atoms with Crippen LogP contribution in [0.5, 0.6) is 0 Å². The third-order valence-corrected chi connectivity index (χ3v) is 2.71.